The zero-order valence-electron chi connectivity index (χ0n) is 21.8. The van der Waals surface area contributed by atoms with E-state index < -0.39 is 0 Å². The lowest BCUT2D eigenvalue weighted by atomic mass is 9.98. The molecule has 0 aliphatic carbocycles. The van der Waals surface area contributed by atoms with E-state index in [-0.39, 0.29) is 16.5 Å². The maximum absolute atomic E-state index is 5.62. The predicted molar refractivity (Wildman–Crippen MR) is 153 cm³/mol. The van der Waals surface area contributed by atoms with E-state index >= 15 is 0 Å². The van der Waals surface area contributed by atoms with Crippen molar-refractivity contribution in [3.8, 4) is 23.0 Å². The molecule has 1 fully saturated rings. The number of hydrogen-bond donors (Lipinski definition) is 0. The molecule has 0 saturated carbocycles. The summed E-state index contributed by atoms with van der Waals surface area (Å²) in [5, 5.41) is 0. The fraction of sp³-hybridized carbons (Fsp3) is 0.556. The molecule has 1 atom stereocenters. The monoisotopic (exact) mass is 541 g/mol. The Balaban J connectivity index is 0.00000432. The summed E-state index contributed by atoms with van der Waals surface area (Å²) in [6.45, 7) is 4.44. The molecule has 0 radical (unpaired) electrons. The fourth-order valence-electron chi connectivity index (χ4n) is 4.55. The largest absolute Gasteiger partial charge is 0.493 e. The van der Waals surface area contributed by atoms with Gasteiger partial charge in [0.25, 0.3) is 0 Å². The average Bonchev–Trinajstić information content (AvgIpc) is 2.87. The second-order valence-corrected chi connectivity index (χ2v) is 11.9. The van der Waals surface area contributed by atoms with E-state index in [1.165, 1.54) is 29.1 Å². The van der Waals surface area contributed by atoms with Crippen molar-refractivity contribution in [1.29, 1.82) is 0 Å². The lowest BCUT2D eigenvalue weighted by Crippen LogP contribution is -2.32. The molecular weight excluding hydrogens is 502 g/mol. The number of hydrogen-bond acceptors (Lipinski definition) is 7. The molecule has 1 aliphatic heterocycles. The van der Waals surface area contributed by atoms with Crippen molar-refractivity contribution in [2.24, 2.45) is 5.92 Å². The molecule has 0 amide bonds. The number of rotatable bonds is 12. The molecule has 1 aliphatic rings. The van der Waals surface area contributed by atoms with E-state index in [2.05, 4.69) is 66.7 Å². The molecule has 196 valence electrons. The van der Waals surface area contributed by atoms with Crippen molar-refractivity contribution in [2.75, 3.05) is 60.1 Å². The van der Waals surface area contributed by atoms with Crippen LogP contribution in [0.3, 0.4) is 0 Å². The van der Waals surface area contributed by atoms with Crippen LogP contribution >= 0.6 is 35.9 Å². The van der Waals surface area contributed by atoms with Crippen LogP contribution in [0.5, 0.6) is 23.0 Å². The minimum atomic E-state index is 0. The number of thioether (sulfide) groups is 2. The Morgan fingerprint density at radius 2 is 1.43 bits per heavy atom. The van der Waals surface area contributed by atoms with Crippen LogP contribution in [0.2, 0.25) is 0 Å². The predicted octanol–water partition coefficient (Wildman–Crippen LogP) is 6.37. The smallest absolute Gasteiger partial charge is 0.161 e. The third-order valence-corrected chi connectivity index (χ3v) is 9.68. The van der Waals surface area contributed by atoms with Gasteiger partial charge in [-0.05, 0) is 79.1 Å². The van der Waals surface area contributed by atoms with Gasteiger partial charge in [-0.25, -0.2) is 0 Å². The van der Waals surface area contributed by atoms with Crippen molar-refractivity contribution in [1.82, 2.24) is 4.90 Å². The molecule has 8 heteroatoms. The Labute approximate surface area is 226 Å². The van der Waals surface area contributed by atoms with Gasteiger partial charge in [-0.1, -0.05) is 19.1 Å². The van der Waals surface area contributed by atoms with Crippen molar-refractivity contribution in [2.45, 2.75) is 30.3 Å². The molecular formula is C27H40ClNO4S2. The first kappa shape index (κ1) is 29.8. The normalized spacial score (nSPS) is 15.7. The van der Waals surface area contributed by atoms with Crippen LogP contribution in [0.1, 0.15) is 30.9 Å². The van der Waals surface area contributed by atoms with Crippen molar-refractivity contribution in [3.63, 3.8) is 0 Å². The summed E-state index contributed by atoms with van der Waals surface area (Å²) in [4.78, 5) is 2.45. The summed E-state index contributed by atoms with van der Waals surface area (Å²) in [6, 6.07) is 12.6. The molecule has 0 N–H and O–H groups in total. The minimum Gasteiger partial charge on any atom is -0.493 e. The highest BCUT2D eigenvalue weighted by Gasteiger charge is 2.37. The lowest BCUT2D eigenvalue weighted by Gasteiger charge is -2.39. The Morgan fingerprint density at radius 3 is 2.03 bits per heavy atom. The van der Waals surface area contributed by atoms with Crippen LogP contribution in [0.25, 0.3) is 0 Å². The summed E-state index contributed by atoms with van der Waals surface area (Å²) < 4.78 is 22.0. The molecule has 35 heavy (non-hydrogen) atoms. The van der Waals surface area contributed by atoms with E-state index in [1.807, 2.05) is 12.1 Å². The van der Waals surface area contributed by atoms with E-state index in [4.69, 9.17) is 18.9 Å². The first-order valence-electron chi connectivity index (χ1n) is 11.8. The molecule has 1 heterocycles. The molecule has 0 spiro atoms. The van der Waals surface area contributed by atoms with Crippen LogP contribution in [-0.4, -0.2) is 65.0 Å². The van der Waals surface area contributed by atoms with Gasteiger partial charge < -0.3 is 23.8 Å². The first-order valence-corrected chi connectivity index (χ1v) is 13.8. The number of halogens is 1. The quantitative estimate of drug-likeness (QED) is 0.309. The number of benzene rings is 2. The van der Waals surface area contributed by atoms with E-state index in [1.54, 1.807) is 28.4 Å². The molecule has 0 bridgehead atoms. The fourth-order valence-corrected chi connectivity index (χ4v) is 8.20. The van der Waals surface area contributed by atoms with E-state index in [0.29, 0.717) is 5.92 Å². The van der Waals surface area contributed by atoms with Gasteiger partial charge in [-0.15, -0.1) is 35.9 Å². The van der Waals surface area contributed by atoms with Gasteiger partial charge in [0.15, 0.2) is 23.0 Å². The summed E-state index contributed by atoms with van der Waals surface area (Å²) in [5.74, 6) is 6.12. The first-order chi connectivity index (χ1) is 16.4. The third kappa shape index (κ3) is 7.78. The molecule has 0 aromatic heterocycles. The van der Waals surface area contributed by atoms with Gasteiger partial charge in [0, 0.05) is 13.1 Å². The Kier molecular flexibility index (Phi) is 12.2. The number of ether oxygens (including phenoxy) is 4. The Bertz CT molecular complexity index is 924. The maximum atomic E-state index is 5.62. The zero-order valence-corrected chi connectivity index (χ0v) is 24.2. The Morgan fingerprint density at radius 1 is 0.857 bits per heavy atom. The highest BCUT2D eigenvalue weighted by molar-refractivity contribution is 8.18. The number of methoxy groups -OCH3 is 4. The summed E-state index contributed by atoms with van der Waals surface area (Å²) in [5.41, 5.74) is 2.59. The van der Waals surface area contributed by atoms with Crippen LogP contribution in [0, 0.1) is 5.92 Å². The van der Waals surface area contributed by atoms with Crippen LogP contribution in [0.4, 0.5) is 0 Å². The Hall–Kier alpha value is -1.41. The molecule has 5 nitrogen and oxygen atoms in total. The van der Waals surface area contributed by atoms with Crippen LogP contribution in [-0.2, 0) is 10.5 Å². The molecule has 2 aromatic carbocycles. The van der Waals surface area contributed by atoms with Crippen molar-refractivity contribution in [3.05, 3.63) is 47.5 Å². The minimum absolute atomic E-state index is 0. The van der Waals surface area contributed by atoms with Crippen LogP contribution < -0.4 is 18.9 Å². The van der Waals surface area contributed by atoms with Crippen molar-refractivity contribution >= 4 is 35.9 Å². The molecule has 0 unspecified atom stereocenters. The zero-order chi connectivity index (χ0) is 24.6. The van der Waals surface area contributed by atoms with E-state index in [0.717, 1.165) is 48.9 Å². The maximum Gasteiger partial charge on any atom is 0.161 e. The summed E-state index contributed by atoms with van der Waals surface area (Å²) in [6.07, 6.45) is 3.37. The summed E-state index contributed by atoms with van der Waals surface area (Å²) in [7, 11) is 8.99. The standard InChI is InChI=1S/C27H39NO4S2.ClH/c1-20(19-28(2)13-12-21-8-10-23(29-3)25(16-21)31-5)18-27(33-14-7-15-34-27)22-9-11-24(30-4)26(17-22)32-6;/h8-11,16-17,20H,7,12-15,18-19H2,1-6H3;1H/t20-;/m0./s1. The lowest BCUT2D eigenvalue weighted by molar-refractivity contribution is 0.277. The van der Waals surface area contributed by atoms with Gasteiger partial charge in [-0.3, -0.25) is 0 Å². The van der Waals surface area contributed by atoms with Gasteiger partial charge in [0.05, 0.1) is 32.5 Å². The topological polar surface area (TPSA) is 40.2 Å². The molecule has 1 saturated heterocycles. The van der Waals surface area contributed by atoms with E-state index in [9.17, 15) is 0 Å². The second-order valence-electron chi connectivity index (χ2n) is 8.88. The average molecular weight is 542 g/mol. The van der Waals surface area contributed by atoms with Gasteiger partial charge in [-0.2, -0.15) is 0 Å². The summed E-state index contributed by atoms with van der Waals surface area (Å²) >= 11 is 4.18. The highest BCUT2D eigenvalue weighted by Crippen LogP contribution is 2.55. The SMILES string of the molecule is COc1ccc(CCN(C)C[C@@H](C)CC2(c3ccc(OC)c(OC)c3)SCCCS2)cc1OC.Cl. The van der Waals surface area contributed by atoms with Gasteiger partial charge in [0.1, 0.15) is 0 Å². The third-order valence-electron chi connectivity index (χ3n) is 6.25. The van der Waals surface area contributed by atoms with Gasteiger partial charge >= 0.3 is 0 Å². The highest BCUT2D eigenvalue weighted by atomic mass is 35.5. The number of likely N-dealkylation sites (N-methyl/N-ethyl adjacent to an activating group) is 1. The van der Waals surface area contributed by atoms with Crippen molar-refractivity contribution < 1.29 is 18.9 Å². The second kappa shape index (κ2) is 14.4. The number of nitrogens with zero attached hydrogens (tertiary/aromatic N) is 1. The molecule has 2 aromatic rings. The van der Waals surface area contributed by atoms with Gasteiger partial charge in [0.2, 0.25) is 0 Å². The van der Waals surface area contributed by atoms with Crippen LogP contribution in [0.15, 0.2) is 36.4 Å². The molecule has 3 rings (SSSR count).